The van der Waals surface area contributed by atoms with Crippen molar-refractivity contribution in [3.8, 4) is 0 Å². The van der Waals surface area contributed by atoms with Gasteiger partial charge in [-0.15, -0.1) is 0 Å². The number of aromatic nitrogens is 2. The predicted octanol–water partition coefficient (Wildman–Crippen LogP) is 0.602. The van der Waals surface area contributed by atoms with Crippen LogP contribution in [0.15, 0.2) is 0 Å². The molecule has 0 spiro atoms. The molecule has 1 heterocycles. The molecule has 2 N–H and O–H groups in total. The Kier molecular flexibility index (Phi) is 5.64. The Morgan fingerprint density at radius 1 is 1.32 bits per heavy atom. The summed E-state index contributed by atoms with van der Waals surface area (Å²) in [6.07, 6.45) is 2.23. The minimum Gasteiger partial charge on any atom is -0.369 e. The molecule has 19 heavy (non-hydrogen) atoms. The zero-order chi connectivity index (χ0) is 14.5. The van der Waals surface area contributed by atoms with Crippen LogP contribution >= 0.6 is 11.6 Å². The van der Waals surface area contributed by atoms with Crippen LogP contribution in [0.4, 0.5) is 5.82 Å². The quantitative estimate of drug-likeness (QED) is 0.435. The second kappa shape index (κ2) is 6.78. The summed E-state index contributed by atoms with van der Waals surface area (Å²) >= 11 is 5.82. The van der Waals surface area contributed by atoms with Gasteiger partial charge in [0.1, 0.15) is 16.8 Å². The van der Waals surface area contributed by atoms with E-state index >= 15 is 0 Å². The average molecular weight is 307 g/mol. The minimum absolute atomic E-state index is 0.0965. The Hall–Kier alpha value is -1.25. The van der Waals surface area contributed by atoms with E-state index in [1.54, 1.807) is 6.92 Å². The number of aldehydes is 1. The van der Waals surface area contributed by atoms with Crippen molar-refractivity contribution in [3.05, 3.63) is 16.5 Å². The number of aryl methyl sites for hydroxylation is 1. The van der Waals surface area contributed by atoms with Crippen molar-refractivity contribution in [1.29, 1.82) is 0 Å². The maximum Gasteiger partial charge on any atom is 0.208 e. The van der Waals surface area contributed by atoms with Gasteiger partial charge in [0.05, 0.1) is 11.8 Å². The standard InChI is InChI=1S/C10H15ClN4O3S/c1-7-14-9(11)8(6-16)10(15-7)12-4-3-5-13-19(2,17)18/h6,13H,3-5H2,1-2H3,(H,12,14,15). The highest BCUT2D eigenvalue weighted by Crippen LogP contribution is 2.18. The summed E-state index contributed by atoms with van der Waals surface area (Å²) in [4.78, 5) is 18.8. The first-order chi connectivity index (χ1) is 8.83. The summed E-state index contributed by atoms with van der Waals surface area (Å²) in [5, 5.41) is 3.03. The molecule has 0 atom stereocenters. The number of carbonyl (C=O) groups is 1. The number of rotatable bonds is 7. The van der Waals surface area contributed by atoms with Gasteiger partial charge in [0.25, 0.3) is 0 Å². The van der Waals surface area contributed by atoms with Crippen molar-refractivity contribution in [2.75, 3.05) is 24.7 Å². The van der Waals surface area contributed by atoms with Crippen molar-refractivity contribution in [3.63, 3.8) is 0 Å². The van der Waals surface area contributed by atoms with Crippen LogP contribution in [0, 0.1) is 6.92 Å². The van der Waals surface area contributed by atoms with Crippen molar-refractivity contribution < 1.29 is 13.2 Å². The van der Waals surface area contributed by atoms with Crippen LogP contribution in [0.25, 0.3) is 0 Å². The Morgan fingerprint density at radius 2 is 2.00 bits per heavy atom. The third kappa shape index (κ3) is 5.50. The van der Waals surface area contributed by atoms with Gasteiger partial charge in [-0.25, -0.2) is 23.1 Å². The van der Waals surface area contributed by atoms with E-state index < -0.39 is 10.0 Å². The van der Waals surface area contributed by atoms with Crippen molar-refractivity contribution in [2.24, 2.45) is 0 Å². The molecule has 1 aromatic rings. The van der Waals surface area contributed by atoms with Gasteiger partial charge in [-0.2, -0.15) is 0 Å². The fraction of sp³-hybridized carbons (Fsp3) is 0.500. The molecule has 0 fully saturated rings. The molecule has 0 aliphatic rings. The topological polar surface area (TPSA) is 101 Å². The lowest BCUT2D eigenvalue weighted by molar-refractivity contribution is 0.112. The molecule has 0 radical (unpaired) electrons. The van der Waals surface area contributed by atoms with Gasteiger partial charge in [-0.3, -0.25) is 4.79 Å². The van der Waals surface area contributed by atoms with E-state index in [1.165, 1.54) is 0 Å². The average Bonchev–Trinajstić information content (AvgIpc) is 2.26. The highest BCUT2D eigenvalue weighted by Gasteiger charge is 2.10. The third-order valence-corrected chi connectivity index (χ3v) is 3.16. The Balaban J connectivity index is 2.56. The Morgan fingerprint density at radius 3 is 2.58 bits per heavy atom. The number of hydrogen-bond donors (Lipinski definition) is 2. The van der Waals surface area contributed by atoms with Crippen LogP contribution in [0.5, 0.6) is 0 Å². The zero-order valence-corrected chi connectivity index (χ0v) is 12.2. The first kappa shape index (κ1) is 15.8. The molecule has 7 nitrogen and oxygen atoms in total. The number of anilines is 1. The second-order valence-corrected chi connectivity index (χ2v) is 6.08. The molecule has 0 amide bonds. The summed E-state index contributed by atoms with van der Waals surface area (Å²) in [6.45, 7) is 2.42. The number of nitrogens with one attached hydrogen (secondary N) is 2. The van der Waals surface area contributed by atoms with E-state index in [2.05, 4.69) is 20.0 Å². The molecular weight excluding hydrogens is 292 g/mol. The van der Waals surface area contributed by atoms with Gasteiger partial charge in [-0.1, -0.05) is 11.6 Å². The second-order valence-electron chi connectivity index (χ2n) is 3.89. The predicted molar refractivity (Wildman–Crippen MR) is 73.1 cm³/mol. The van der Waals surface area contributed by atoms with E-state index in [4.69, 9.17) is 11.6 Å². The van der Waals surface area contributed by atoms with Crippen LogP contribution in [0.2, 0.25) is 5.15 Å². The summed E-state index contributed by atoms with van der Waals surface area (Å²) in [5.74, 6) is 0.805. The third-order valence-electron chi connectivity index (χ3n) is 2.14. The number of carbonyl (C=O) groups excluding carboxylic acids is 1. The van der Waals surface area contributed by atoms with Crippen LogP contribution in [0.3, 0.4) is 0 Å². The van der Waals surface area contributed by atoms with Gasteiger partial charge in [0.2, 0.25) is 10.0 Å². The van der Waals surface area contributed by atoms with E-state index in [0.29, 0.717) is 37.4 Å². The lowest BCUT2D eigenvalue weighted by Crippen LogP contribution is -2.24. The van der Waals surface area contributed by atoms with E-state index in [9.17, 15) is 13.2 Å². The van der Waals surface area contributed by atoms with E-state index in [1.807, 2.05) is 0 Å². The van der Waals surface area contributed by atoms with Crippen LogP contribution in [-0.4, -0.2) is 44.0 Å². The van der Waals surface area contributed by atoms with E-state index in [0.717, 1.165) is 6.26 Å². The highest BCUT2D eigenvalue weighted by molar-refractivity contribution is 7.88. The molecule has 0 aromatic carbocycles. The fourth-order valence-electron chi connectivity index (χ4n) is 1.34. The van der Waals surface area contributed by atoms with Crippen molar-refractivity contribution in [1.82, 2.24) is 14.7 Å². The number of sulfonamides is 1. The summed E-state index contributed by atoms with van der Waals surface area (Å²) < 4.78 is 24.0. The normalized spacial score (nSPS) is 11.3. The molecule has 0 unspecified atom stereocenters. The summed E-state index contributed by atoms with van der Waals surface area (Å²) in [6, 6.07) is 0. The number of halogens is 1. The maximum absolute atomic E-state index is 10.9. The van der Waals surface area contributed by atoms with E-state index in [-0.39, 0.29) is 10.7 Å². The van der Waals surface area contributed by atoms with Gasteiger partial charge < -0.3 is 5.32 Å². The smallest absolute Gasteiger partial charge is 0.208 e. The highest BCUT2D eigenvalue weighted by atomic mass is 35.5. The monoisotopic (exact) mass is 306 g/mol. The zero-order valence-electron chi connectivity index (χ0n) is 10.6. The largest absolute Gasteiger partial charge is 0.369 e. The van der Waals surface area contributed by atoms with Gasteiger partial charge in [0.15, 0.2) is 6.29 Å². The van der Waals surface area contributed by atoms with Gasteiger partial charge >= 0.3 is 0 Å². The Bertz CT molecular complexity index is 562. The Labute approximate surface area is 116 Å². The van der Waals surface area contributed by atoms with Crippen molar-refractivity contribution >= 4 is 33.7 Å². The SMILES string of the molecule is Cc1nc(Cl)c(C=O)c(NCCCNS(C)(=O)=O)n1. The molecule has 1 rings (SSSR count). The molecule has 0 aliphatic carbocycles. The molecule has 1 aromatic heterocycles. The molecule has 0 saturated heterocycles. The lowest BCUT2D eigenvalue weighted by atomic mass is 10.3. The first-order valence-corrected chi connectivity index (χ1v) is 7.78. The summed E-state index contributed by atoms with van der Waals surface area (Å²) in [7, 11) is -3.18. The molecule has 0 bridgehead atoms. The van der Waals surface area contributed by atoms with Crippen molar-refractivity contribution in [2.45, 2.75) is 13.3 Å². The fourth-order valence-corrected chi connectivity index (χ4v) is 2.11. The van der Waals surface area contributed by atoms with Gasteiger partial charge in [0, 0.05) is 13.1 Å². The first-order valence-electron chi connectivity index (χ1n) is 5.51. The molecule has 9 heteroatoms. The molecule has 106 valence electrons. The minimum atomic E-state index is -3.18. The number of nitrogens with zero attached hydrogens (tertiary/aromatic N) is 2. The molecule has 0 aliphatic heterocycles. The van der Waals surface area contributed by atoms with Gasteiger partial charge in [-0.05, 0) is 13.3 Å². The van der Waals surface area contributed by atoms with Crippen LogP contribution in [0.1, 0.15) is 22.6 Å². The summed E-state index contributed by atoms with van der Waals surface area (Å²) in [5.41, 5.74) is 0.198. The lowest BCUT2D eigenvalue weighted by Gasteiger charge is -2.09. The maximum atomic E-state index is 10.9. The van der Waals surface area contributed by atoms with Crippen LogP contribution in [-0.2, 0) is 10.0 Å². The van der Waals surface area contributed by atoms with Crippen LogP contribution < -0.4 is 10.0 Å². The molecule has 0 saturated carbocycles. The molecular formula is C10H15ClN4O3S. The number of hydrogen-bond acceptors (Lipinski definition) is 6.